The third-order valence-corrected chi connectivity index (χ3v) is 4.73. The molecule has 1 aliphatic heterocycles. The molecule has 17 heavy (non-hydrogen) atoms. The number of nitrogens with zero attached hydrogens (tertiary/aromatic N) is 1. The highest BCUT2D eigenvalue weighted by Crippen LogP contribution is 2.30. The topological polar surface area (TPSA) is 15.3 Å². The van der Waals surface area contributed by atoms with Gasteiger partial charge in [-0.3, -0.25) is 4.90 Å². The summed E-state index contributed by atoms with van der Waals surface area (Å²) in [5, 5.41) is 3.37. The van der Waals surface area contributed by atoms with Crippen molar-refractivity contribution in [1.29, 1.82) is 0 Å². The molecule has 0 aromatic heterocycles. The lowest BCUT2D eigenvalue weighted by molar-refractivity contribution is 0.105. The number of nitrogens with one attached hydrogen (secondary N) is 1. The summed E-state index contributed by atoms with van der Waals surface area (Å²) < 4.78 is 0. The van der Waals surface area contributed by atoms with Crippen LogP contribution in [0.25, 0.3) is 0 Å². The minimum Gasteiger partial charge on any atom is -0.318 e. The van der Waals surface area contributed by atoms with Gasteiger partial charge in [-0.15, -0.1) is 0 Å². The van der Waals surface area contributed by atoms with Crippen LogP contribution in [-0.4, -0.2) is 37.6 Å². The van der Waals surface area contributed by atoms with Crippen LogP contribution in [0.1, 0.15) is 51.9 Å². The molecule has 3 atom stereocenters. The Bertz CT molecular complexity index is 215. The summed E-state index contributed by atoms with van der Waals surface area (Å²) in [4.78, 5) is 2.78. The van der Waals surface area contributed by atoms with Gasteiger partial charge in [0.2, 0.25) is 0 Å². The minimum absolute atomic E-state index is 0.811. The van der Waals surface area contributed by atoms with Gasteiger partial charge in [-0.1, -0.05) is 26.2 Å². The van der Waals surface area contributed by atoms with Gasteiger partial charge in [-0.2, -0.15) is 0 Å². The van der Waals surface area contributed by atoms with Crippen LogP contribution < -0.4 is 5.32 Å². The van der Waals surface area contributed by atoms with Gasteiger partial charge in [0.25, 0.3) is 0 Å². The van der Waals surface area contributed by atoms with Crippen LogP contribution in [0.3, 0.4) is 0 Å². The zero-order valence-corrected chi connectivity index (χ0v) is 11.8. The fourth-order valence-corrected chi connectivity index (χ4v) is 3.82. The number of likely N-dealkylation sites (N-methyl/N-ethyl adjacent to an activating group) is 1. The van der Waals surface area contributed by atoms with Crippen molar-refractivity contribution in [2.24, 2.45) is 11.8 Å². The molecule has 0 aromatic rings. The molecule has 0 amide bonds. The monoisotopic (exact) mass is 238 g/mol. The zero-order chi connectivity index (χ0) is 12.1. The Morgan fingerprint density at radius 3 is 2.76 bits per heavy atom. The van der Waals surface area contributed by atoms with Crippen LogP contribution >= 0.6 is 0 Å². The molecule has 1 heterocycles. The molecule has 1 saturated carbocycles. The van der Waals surface area contributed by atoms with Crippen molar-refractivity contribution in [3.05, 3.63) is 0 Å². The summed E-state index contributed by atoms with van der Waals surface area (Å²) in [7, 11) is 2.09. The Labute approximate surface area is 107 Å². The normalized spacial score (nSPS) is 36.0. The summed E-state index contributed by atoms with van der Waals surface area (Å²) in [5.74, 6) is 1.96. The molecule has 1 N–H and O–H groups in total. The number of hydrogen-bond donors (Lipinski definition) is 1. The smallest absolute Gasteiger partial charge is 0.0220 e. The first kappa shape index (κ1) is 13.4. The second-order valence-electron chi connectivity index (χ2n) is 6.34. The fourth-order valence-electron chi connectivity index (χ4n) is 3.82. The van der Waals surface area contributed by atoms with E-state index < -0.39 is 0 Å². The van der Waals surface area contributed by atoms with E-state index in [1.807, 2.05) is 0 Å². The number of rotatable bonds is 4. The van der Waals surface area contributed by atoms with E-state index in [9.17, 15) is 0 Å². The number of hydrogen-bond acceptors (Lipinski definition) is 2. The summed E-state index contributed by atoms with van der Waals surface area (Å²) in [6.07, 6.45) is 10.2. The molecular formula is C15H30N2. The van der Waals surface area contributed by atoms with Gasteiger partial charge < -0.3 is 5.32 Å². The molecule has 0 aromatic carbocycles. The van der Waals surface area contributed by atoms with Crippen LogP contribution in [0.2, 0.25) is 0 Å². The lowest BCUT2D eigenvalue weighted by Gasteiger charge is -2.39. The Hall–Kier alpha value is -0.0800. The highest BCUT2D eigenvalue weighted by Gasteiger charge is 2.26. The van der Waals surface area contributed by atoms with Crippen LogP contribution in [-0.2, 0) is 0 Å². The largest absolute Gasteiger partial charge is 0.318 e. The lowest BCUT2D eigenvalue weighted by Crippen LogP contribution is -2.47. The van der Waals surface area contributed by atoms with Crippen molar-refractivity contribution in [3.8, 4) is 0 Å². The third-order valence-electron chi connectivity index (χ3n) is 4.73. The molecule has 0 radical (unpaired) electrons. The first-order chi connectivity index (χ1) is 8.29. The van der Waals surface area contributed by atoms with Gasteiger partial charge in [0.05, 0.1) is 0 Å². The van der Waals surface area contributed by atoms with E-state index in [4.69, 9.17) is 0 Å². The molecule has 100 valence electrons. The van der Waals surface area contributed by atoms with Gasteiger partial charge in [0.15, 0.2) is 0 Å². The fraction of sp³-hybridized carbons (Fsp3) is 1.00. The van der Waals surface area contributed by atoms with E-state index in [1.165, 1.54) is 64.6 Å². The van der Waals surface area contributed by atoms with Crippen molar-refractivity contribution in [1.82, 2.24) is 10.2 Å². The molecule has 0 spiro atoms. The maximum absolute atomic E-state index is 3.37. The van der Waals surface area contributed by atoms with Crippen LogP contribution in [0.4, 0.5) is 0 Å². The van der Waals surface area contributed by atoms with E-state index in [1.54, 1.807) is 0 Å². The second kappa shape index (κ2) is 6.75. The number of piperidine rings is 1. The molecule has 2 nitrogen and oxygen atoms in total. The van der Waals surface area contributed by atoms with Crippen molar-refractivity contribution in [2.75, 3.05) is 26.7 Å². The Morgan fingerprint density at radius 1 is 1.12 bits per heavy atom. The van der Waals surface area contributed by atoms with Gasteiger partial charge in [0.1, 0.15) is 0 Å². The Balaban J connectivity index is 1.82. The standard InChI is InChI=1S/C15H30N2/c1-13-6-5-7-14(10-13)12-17-9-4-3-8-15(17)11-16-2/h13-16H,3-12H2,1-2H3. The molecule has 2 heteroatoms. The highest BCUT2D eigenvalue weighted by atomic mass is 15.2. The van der Waals surface area contributed by atoms with Crippen molar-refractivity contribution in [2.45, 2.75) is 57.9 Å². The van der Waals surface area contributed by atoms with Crippen LogP contribution in [0.15, 0.2) is 0 Å². The summed E-state index contributed by atoms with van der Waals surface area (Å²) in [6.45, 7) is 6.34. The third kappa shape index (κ3) is 3.96. The molecule has 1 aliphatic carbocycles. The molecule has 1 saturated heterocycles. The average molecular weight is 238 g/mol. The summed E-state index contributed by atoms with van der Waals surface area (Å²) in [5.41, 5.74) is 0. The van der Waals surface area contributed by atoms with Crippen molar-refractivity contribution >= 4 is 0 Å². The Morgan fingerprint density at radius 2 is 2.00 bits per heavy atom. The predicted molar refractivity (Wildman–Crippen MR) is 74.3 cm³/mol. The van der Waals surface area contributed by atoms with Crippen LogP contribution in [0, 0.1) is 11.8 Å². The lowest BCUT2D eigenvalue weighted by atomic mass is 9.81. The van der Waals surface area contributed by atoms with E-state index in [-0.39, 0.29) is 0 Å². The zero-order valence-electron chi connectivity index (χ0n) is 11.8. The molecule has 3 unspecified atom stereocenters. The maximum Gasteiger partial charge on any atom is 0.0220 e. The highest BCUT2D eigenvalue weighted by molar-refractivity contribution is 4.82. The summed E-state index contributed by atoms with van der Waals surface area (Å²) >= 11 is 0. The van der Waals surface area contributed by atoms with Crippen molar-refractivity contribution in [3.63, 3.8) is 0 Å². The predicted octanol–water partition coefficient (Wildman–Crippen LogP) is 2.89. The molecule has 0 bridgehead atoms. The van der Waals surface area contributed by atoms with Gasteiger partial charge >= 0.3 is 0 Å². The van der Waals surface area contributed by atoms with Crippen molar-refractivity contribution < 1.29 is 0 Å². The van der Waals surface area contributed by atoms with Gasteiger partial charge in [-0.25, -0.2) is 0 Å². The maximum atomic E-state index is 3.37. The second-order valence-corrected chi connectivity index (χ2v) is 6.34. The van der Waals surface area contributed by atoms with E-state index in [2.05, 4.69) is 24.2 Å². The molecule has 2 fully saturated rings. The van der Waals surface area contributed by atoms with Gasteiger partial charge in [0, 0.05) is 19.1 Å². The van der Waals surface area contributed by atoms with Crippen LogP contribution in [0.5, 0.6) is 0 Å². The number of likely N-dealkylation sites (tertiary alicyclic amines) is 1. The molecule has 2 rings (SSSR count). The minimum atomic E-state index is 0.811. The van der Waals surface area contributed by atoms with E-state index in [0.29, 0.717) is 0 Å². The Kier molecular flexibility index (Phi) is 5.30. The quantitative estimate of drug-likeness (QED) is 0.810. The SMILES string of the molecule is CNCC1CCCCN1CC1CCCC(C)C1. The molecular weight excluding hydrogens is 208 g/mol. The summed E-state index contributed by atoms with van der Waals surface area (Å²) in [6, 6.07) is 0.811. The van der Waals surface area contributed by atoms with Gasteiger partial charge in [-0.05, 0) is 51.1 Å². The average Bonchev–Trinajstić information content (AvgIpc) is 2.32. The molecule has 2 aliphatic rings. The first-order valence-corrected chi connectivity index (χ1v) is 7.68. The first-order valence-electron chi connectivity index (χ1n) is 7.68. The van der Waals surface area contributed by atoms with E-state index in [0.717, 1.165) is 17.9 Å². The van der Waals surface area contributed by atoms with E-state index >= 15 is 0 Å².